The van der Waals surface area contributed by atoms with Gasteiger partial charge in [0.2, 0.25) is 0 Å². The zero-order valence-corrected chi connectivity index (χ0v) is 12.6. The van der Waals surface area contributed by atoms with E-state index in [1.54, 1.807) is 0 Å². The molecule has 0 aromatic carbocycles. The highest BCUT2D eigenvalue weighted by Gasteiger charge is 2.59. The third-order valence-electron chi connectivity index (χ3n) is 4.64. The highest BCUT2D eigenvalue weighted by molar-refractivity contribution is 6.49. The van der Waals surface area contributed by atoms with E-state index >= 15 is 0 Å². The lowest BCUT2D eigenvalue weighted by atomic mass is 9.80. The Balaban J connectivity index is 1.70. The van der Waals surface area contributed by atoms with Crippen LogP contribution in [0.1, 0.15) is 45.6 Å². The first-order valence-electron chi connectivity index (χ1n) is 6.77. The molecule has 1 aromatic heterocycles. The Labute approximate surface area is 119 Å². The average molecular weight is 280 g/mol. The molecule has 0 N–H and O–H groups in total. The smallest absolute Gasteiger partial charge is 0.403 e. The fourth-order valence-corrected chi connectivity index (χ4v) is 2.68. The van der Waals surface area contributed by atoms with Crippen LogP contribution in [0.15, 0.2) is 18.3 Å². The van der Waals surface area contributed by atoms with Crippen molar-refractivity contribution in [2.75, 3.05) is 0 Å². The van der Waals surface area contributed by atoms with Crippen LogP contribution in [-0.2, 0) is 9.31 Å². The van der Waals surface area contributed by atoms with Gasteiger partial charge >= 0.3 is 7.12 Å². The number of halogens is 1. The molecule has 0 amide bonds. The van der Waals surface area contributed by atoms with Crippen molar-refractivity contribution in [3.05, 3.63) is 29.0 Å². The number of hydrogen-bond acceptors (Lipinski definition) is 3. The Morgan fingerprint density at radius 1 is 1.21 bits per heavy atom. The van der Waals surface area contributed by atoms with Gasteiger partial charge in [-0.15, -0.1) is 0 Å². The summed E-state index contributed by atoms with van der Waals surface area (Å²) in [6.45, 7) is 8.37. The van der Waals surface area contributed by atoms with Gasteiger partial charge in [0.05, 0.1) is 11.2 Å². The van der Waals surface area contributed by atoms with Gasteiger partial charge in [0, 0.05) is 12.0 Å². The molecule has 5 heteroatoms. The first kappa shape index (κ1) is 13.4. The molecule has 0 radical (unpaired) electrons. The molecule has 1 saturated carbocycles. The second kappa shape index (κ2) is 4.21. The second-order valence-electron chi connectivity index (χ2n) is 6.55. The SMILES string of the molecule is CC1(C)OB(C2CC2c2ccc(Cl)nc2)OC1(C)C. The summed E-state index contributed by atoms with van der Waals surface area (Å²) in [5.74, 6) is 0.920. The van der Waals surface area contributed by atoms with Crippen molar-refractivity contribution in [3.63, 3.8) is 0 Å². The predicted molar refractivity (Wildman–Crippen MR) is 76.4 cm³/mol. The Morgan fingerprint density at radius 3 is 2.37 bits per heavy atom. The van der Waals surface area contributed by atoms with Crippen molar-refractivity contribution in [2.45, 2.75) is 57.1 Å². The molecule has 1 saturated heterocycles. The van der Waals surface area contributed by atoms with Crippen molar-refractivity contribution >= 4 is 18.7 Å². The molecule has 1 aromatic rings. The minimum Gasteiger partial charge on any atom is -0.403 e. The quantitative estimate of drug-likeness (QED) is 0.611. The maximum absolute atomic E-state index is 6.09. The van der Waals surface area contributed by atoms with Crippen LogP contribution in [0.4, 0.5) is 0 Å². The van der Waals surface area contributed by atoms with Gasteiger partial charge in [0.25, 0.3) is 0 Å². The summed E-state index contributed by atoms with van der Waals surface area (Å²) in [6, 6.07) is 3.89. The number of nitrogens with zero attached hydrogens (tertiary/aromatic N) is 1. The third kappa shape index (κ3) is 2.30. The molecule has 3 nitrogen and oxygen atoms in total. The molecular weight excluding hydrogens is 260 g/mol. The highest BCUT2D eigenvalue weighted by atomic mass is 35.5. The predicted octanol–water partition coefficient (Wildman–Crippen LogP) is 3.68. The lowest BCUT2D eigenvalue weighted by molar-refractivity contribution is 0.00578. The number of rotatable bonds is 2. The van der Waals surface area contributed by atoms with Crippen molar-refractivity contribution in [3.8, 4) is 0 Å². The first-order valence-corrected chi connectivity index (χ1v) is 7.15. The number of hydrogen-bond donors (Lipinski definition) is 0. The van der Waals surface area contributed by atoms with Gasteiger partial charge in [0.15, 0.2) is 0 Å². The Kier molecular flexibility index (Phi) is 2.97. The molecule has 0 bridgehead atoms. The van der Waals surface area contributed by atoms with E-state index in [1.807, 2.05) is 18.3 Å². The molecular formula is C14H19BClNO2. The van der Waals surface area contributed by atoms with Crippen molar-refractivity contribution < 1.29 is 9.31 Å². The largest absolute Gasteiger partial charge is 0.461 e. The number of pyridine rings is 1. The summed E-state index contributed by atoms with van der Waals surface area (Å²) in [5, 5.41) is 0.539. The zero-order valence-electron chi connectivity index (χ0n) is 11.8. The minimum absolute atomic E-state index is 0.106. The topological polar surface area (TPSA) is 31.4 Å². The van der Waals surface area contributed by atoms with E-state index in [9.17, 15) is 0 Å². The van der Waals surface area contributed by atoms with Crippen LogP contribution >= 0.6 is 11.6 Å². The fourth-order valence-electron chi connectivity index (χ4n) is 2.57. The van der Waals surface area contributed by atoms with Crippen LogP contribution in [0, 0.1) is 0 Å². The van der Waals surface area contributed by atoms with Crippen LogP contribution in [0.3, 0.4) is 0 Å². The maximum atomic E-state index is 6.09. The van der Waals surface area contributed by atoms with Gasteiger partial charge in [-0.05, 0) is 51.7 Å². The molecule has 102 valence electrons. The molecule has 3 rings (SSSR count). The first-order chi connectivity index (χ1) is 8.80. The average Bonchev–Trinajstić information content (AvgIpc) is 3.04. The van der Waals surface area contributed by atoms with Gasteiger partial charge in [-0.2, -0.15) is 0 Å². The summed E-state index contributed by atoms with van der Waals surface area (Å²) < 4.78 is 12.2. The van der Waals surface area contributed by atoms with E-state index in [2.05, 4.69) is 32.7 Å². The van der Waals surface area contributed by atoms with Crippen LogP contribution < -0.4 is 0 Å². The van der Waals surface area contributed by atoms with Crippen molar-refractivity contribution in [2.24, 2.45) is 0 Å². The summed E-state index contributed by atoms with van der Waals surface area (Å²) in [7, 11) is -0.106. The lowest BCUT2D eigenvalue weighted by Crippen LogP contribution is -2.41. The summed E-state index contributed by atoms with van der Waals surface area (Å²) in [6.07, 6.45) is 2.96. The summed E-state index contributed by atoms with van der Waals surface area (Å²) in [4.78, 5) is 4.14. The summed E-state index contributed by atoms with van der Waals surface area (Å²) in [5.41, 5.74) is 0.732. The molecule has 2 heterocycles. The molecule has 1 aliphatic heterocycles. The third-order valence-corrected chi connectivity index (χ3v) is 4.86. The van der Waals surface area contributed by atoms with Crippen LogP contribution in [0.25, 0.3) is 0 Å². The fraction of sp³-hybridized carbons (Fsp3) is 0.643. The molecule has 19 heavy (non-hydrogen) atoms. The van der Waals surface area contributed by atoms with E-state index in [-0.39, 0.29) is 18.3 Å². The molecule has 1 aliphatic carbocycles. The standard InChI is InChI=1S/C14H19BClNO2/c1-13(2)14(3,4)19-15(18-13)11-7-10(11)9-5-6-12(16)17-8-9/h5-6,8,10-11H,7H2,1-4H3. The molecule has 2 atom stereocenters. The van der Waals surface area contributed by atoms with Gasteiger partial charge in [-0.1, -0.05) is 17.7 Å². The monoisotopic (exact) mass is 279 g/mol. The van der Waals surface area contributed by atoms with Crippen molar-refractivity contribution in [1.82, 2.24) is 4.98 Å². The Morgan fingerprint density at radius 2 is 1.84 bits per heavy atom. The van der Waals surface area contributed by atoms with Gasteiger partial charge in [-0.25, -0.2) is 4.98 Å². The Hall–Kier alpha value is -0.575. The normalized spacial score (nSPS) is 31.5. The van der Waals surface area contributed by atoms with Crippen LogP contribution in [-0.4, -0.2) is 23.3 Å². The van der Waals surface area contributed by atoms with Crippen molar-refractivity contribution in [1.29, 1.82) is 0 Å². The molecule has 2 fully saturated rings. The van der Waals surface area contributed by atoms with E-state index in [1.165, 1.54) is 5.56 Å². The number of aromatic nitrogens is 1. The molecule has 2 aliphatic rings. The van der Waals surface area contributed by atoms with Gasteiger partial charge in [-0.3, -0.25) is 0 Å². The second-order valence-corrected chi connectivity index (χ2v) is 6.93. The minimum atomic E-state index is -0.247. The zero-order chi connectivity index (χ0) is 13.8. The molecule has 2 unspecified atom stereocenters. The van der Waals surface area contributed by atoms with Gasteiger partial charge < -0.3 is 9.31 Å². The van der Waals surface area contributed by atoms with E-state index in [4.69, 9.17) is 20.9 Å². The maximum Gasteiger partial charge on any atom is 0.461 e. The van der Waals surface area contributed by atoms with E-state index in [0.717, 1.165) is 6.42 Å². The Bertz CT molecular complexity index is 473. The van der Waals surface area contributed by atoms with Crippen LogP contribution in [0.5, 0.6) is 0 Å². The summed E-state index contributed by atoms with van der Waals surface area (Å²) >= 11 is 5.81. The van der Waals surface area contributed by atoms with E-state index < -0.39 is 0 Å². The van der Waals surface area contributed by atoms with Gasteiger partial charge in [0.1, 0.15) is 5.15 Å². The molecule has 0 spiro atoms. The van der Waals surface area contributed by atoms with Crippen LogP contribution in [0.2, 0.25) is 11.0 Å². The highest BCUT2D eigenvalue weighted by Crippen LogP contribution is 2.58. The lowest BCUT2D eigenvalue weighted by Gasteiger charge is -2.32. The van der Waals surface area contributed by atoms with E-state index in [0.29, 0.717) is 16.9 Å².